The molecule has 1 amide bonds. The van der Waals surface area contributed by atoms with Gasteiger partial charge >= 0.3 is 5.97 Å². The van der Waals surface area contributed by atoms with Crippen molar-refractivity contribution in [2.45, 2.75) is 13.0 Å². The summed E-state index contributed by atoms with van der Waals surface area (Å²) in [7, 11) is 5.51. The lowest BCUT2D eigenvalue weighted by molar-refractivity contribution is -0.153. The molecular weight excluding hydrogens is 408 g/mol. The van der Waals surface area contributed by atoms with Gasteiger partial charge in [-0.05, 0) is 36.8 Å². The Balaban J connectivity index is 1.94. The number of nitrogens with zero attached hydrogens (tertiary/aromatic N) is 4. The summed E-state index contributed by atoms with van der Waals surface area (Å²) >= 11 is 0. The number of hydrogen-bond donors (Lipinski definition) is 0. The molecule has 0 N–H and O–H groups in total. The normalized spacial score (nSPS) is 18.0. The Bertz CT molecular complexity index is 1120. The monoisotopic (exact) mass is 436 g/mol. The van der Waals surface area contributed by atoms with Crippen molar-refractivity contribution in [3.63, 3.8) is 0 Å². The van der Waals surface area contributed by atoms with Crippen molar-refractivity contribution in [3.8, 4) is 0 Å². The van der Waals surface area contributed by atoms with E-state index in [1.807, 2.05) is 72.1 Å². The number of imidazole rings is 1. The summed E-state index contributed by atoms with van der Waals surface area (Å²) in [6.07, 6.45) is 0. The third-order valence-corrected chi connectivity index (χ3v) is 5.76. The molecule has 2 unspecified atom stereocenters. The van der Waals surface area contributed by atoms with Crippen LogP contribution in [0.4, 0.5) is 11.6 Å². The molecular formula is C24H28N4O4. The van der Waals surface area contributed by atoms with E-state index >= 15 is 0 Å². The number of hydrogen-bond acceptors (Lipinski definition) is 6. The summed E-state index contributed by atoms with van der Waals surface area (Å²) in [6.45, 7) is 2.56. The predicted octanol–water partition coefficient (Wildman–Crippen LogP) is 2.86. The first-order valence-corrected chi connectivity index (χ1v) is 10.7. The number of rotatable bonds is 7. The summed E-state index contributed by atoms with van der Waals surface area (Å²) in [5, 5.41) is 0. The highest BCUT2D eigenvalue weighted by Crippen LogP contribution is 2.41. The first-order valence-electron chi connectivity index (χ1n) is 10.7. The highest BCUT2D eigenvalue weighted by Gasteiger charge is 2.47. The van der Waals surface area contributed by atoms with Crippen LogP contribution >= 0.6 is 0 Å². The molecule has 8 nitrogen and oxygen atoms in total. The molecule has 3 aromatic rings. The van der Waals surface area contributed by atoms with Gasteiger partial charge in [-0.25, -0.2) is 4.98 Å². The van der Waals surface area contributed by atoms with E-state index in [2.05, 4.69) is 0 Å². The van der Waals surface area contributed by atoms with Crippen LogP contribution in [0.25, 0.3) is 11.0 Å². The van der Waals surface area contributed by atoms with Crippen LogP contribution < -0.4 is 9.80 Å². The van der Waals surface area contributed by atoms with Gasteiger partial charge in [-0.1, -0.05) is 24.3 Å². The van der Waals surface area contributed by atoms with Gasteiger partial charge in [0.25, 0.3) is 0 Å². The first-order chi connectivity index (χ1) is 15.5. The smallest absolute Gasteiger partial charge is 0.321 e. The van der Waals surface area contributed by atoms with Crippen molar-refractivity contribution in [2.75, 3.05) is 50.8 Å². The fourth-order valence-electron chi connectivity index (χ4n) is 4.21. The van der Waals surface area contributed by atoms with E-state index in [4.69, 9.17) is 14.5 Å². The Morgan fingerprint density at radius 3 is 2.50 bits per heavy atom. The maximum Gasteiger partial charge on any atom is 0.321 e. The van der Waals surface area contributed by atoms with E-state index in [9.17, 15) is 9.59 Å². The average molecular weight is 437 g/mol. The Kier molecular flexibility index (Phi) is 6.14. The van der Waals surface area contributed by atoms with Crippen molar-refractivity contribution in [3.05, 3.63) is 54.1 Å². The van der Waals surface area contributed by atoms with Gasteiger partial charge in [0.05, 0.1) is 36.8 Å². The zero-order valence-corrected chi connectivity index (χ0v) is 18.8. The van der Waals surface area contributed by atoms with Crippen LogP contribution in [0.3, 0.4) is 0 Å². The molecule has 0 bridgehead atoms. The number of benzene rings is 2. The van der Waals surface area contributed by atoms with E-state index in [0.717, 1.165) is 22.3 Å². The summed E-state index contributed by atoms with van der Waals surface area (Å²) in [6, 6.07) is 15.0. The molecule has 1 aromatic heterocycles. The van der Waals surface area contributed by atoms with Crippen molar-refractivity contribution < 1.29 is 19.1 Å². The summed E-state index contributed by atoms with van der Waals surface area (Å²) in [5.74, 6) is -1.38. The molecule has 4 rings (SSSR count). The average Bonchev–Trinajstić information content (AvgIpc) is 3.17. The Hall–Kier alpha value is -3.39. The van der Waals surface area contributed by atoms with Crippen LogP contribution in [0, 0.1) is 5.92 Å². The van der Waals surface area contributed by atoms with Gasteiger partial charge in [-0.15, -0.1) is 0 Å². The lowest BCUT2D eigenvalue weighted by Crippen LogP contribution is -2.51. The second kappa shape index (κ2) is 9.00. The molecule has 0 radical (unpaired) electrons. The van der Waals surface area contributed by atoms with Crippen molar-refractivity contribution >= 4 is 34.5 Å². The van der Waals surface area contributed by atoms with Gasteiger partial charge in [-0.3, -0.25) is 14.5 Å². The van der Waals surface area contributed by atoms with Crippen molar-refractivity contribution in [2.24, 2.45) is 5.92 Å². The number of anilines is 2. The molecule has 2 atom stereocenters. The molecule has 0 aliphatic carbocycles. The highest BCUT2D eigenvalue weighted by molar-refractivity contribution is 6.08. The zero-order valence-electron chi connectivity index (χ0n) is 18.8. The Morgan fingerprint density at radius 2 is 1.84 bits per heavy atom. The van der Waals surface area contributed by atoms with Gasteiger partial charge in [0.2, 0.25) is 11.9 Å². The lowest BCUT2D eigenvalue weighted by atomic mass is 9.89. The number of carbonyl (C=O) groups is 2. The second-order valence-corrected chi connectivity index (χ2v) is 7.91. The number of ether oxygens (including phenoxy) is 2. The number of methoxy groups -OCH3 is 1. The topological polar surface area (TPSA) is 76.9 Å². The number of para-hydroxylation sites is 2. The third kappa shape index (κ3) is 3.71. The van der Waals surface area contributed by atoms with Gasteiger partial charge < -0.3 is 18.9 Å². The summed E-state index contributed by atoms with van der Waals surface area (Å²) in [4.78, 5) is 35.1. The molecule has 1 aliphatic heterocycles. The van der Waals surface area contributed by atoms with E-state index in [1.54, 1.807) is 14.0 Å². The lowest BCUT2D eigenvalue weighted by Gasteiger charge is -2.38. The quantitative estimate of drug-likeness (QED) is 0.419. The fraction of sp³-hybridized carbons (Fsp3) is 0.375. The number of aromatic nitrogens is 2. The van der Waals surface area contributed by atoms with Gasteiger partial charge in [0.1, 0.15) is 0 Å². The van der Waals surface area contributed by atoms with Crippen LogP contribution in [0.1, 0.15) is 18.5 Å². The second-order valence-electron chi connectivity index (χ2n) is 7.91. The molecule has 168 valence electrons. The predicted molar refractivity (Wildman–Crippen MR) is 123 cm³/mol. The molecule has 1 aliphatic rings. The number of esters is 1. The number of fused-ring (bicyclic) bond motifs is 3. The SMILES string of the molecule is CCOC(=O)C1C(=O)N(CCOC)c2nc3ccccc3n2C1c1ccc(N(C)C)cc1. The largest absolute Gasteiger partial charge is 0.465 e. The maximum absolute atomic E-state index is 13.7. The van der Waals surface area contributed by atoms with Gasteiger partial charge in [-0.2, -0.15) is 0 Å². The zero-order chi connectivity index (χ0) is 22.8. The molecule has 0 spiro atoms. The molecule has 0 saturated heterocycles. The molecule has 8 heteroatoms. The minimum atomic E-state index is -1.03. The van der Waals surface area contributed by atoms with Crippen molar-refractivity contribution in [1.29, 1.82) is 0 Å². The number of amides is 1. The maximum atomic E-state index is 13.7. The van der Waals surface area contributed by atoms with Crippen LogP contribution in [0.15, 0.2) is 48.5 Å². The minimum absolute atomic E-state index is 0.199. The van der Waals surface area contributed by atoms with Crippen LogP contribution in [-0.2, 0) is 19.1 Å². The van der Waals surface area contributed by atoms with Gasteiger partial charge in [0, 0.05) is 26.9 Å². The van der Waals surface area contributed by atoms with Crippen molar-refractivity contribution in [1.82, 2.24) is 9.55 Å². The Labute approximate surface area is 187 Å². The van der Waals surface area contributed by atoms with Crippen LogP contribution in [0.2, 0.25) is 0 Å². The summed E-state index contributed by atoms with van der Waals surface area (Å²) in [5.41, 5.74) is 3.49. The molecule has 2 heterocycles. The molecule has 0 saturated carbocycles. The van der Waals surface area contributed by atoms with E-state index in [-0.39, 0.29) is 12.5 Å². The standard InChI is InChI=1S/C24H28N4O4/c1-5-32-23(30)20-21(16-10-12-17(13-11-16)26(2)3)28-19-9-7-6-8-18(19)25-24(28)27(22(20)29)14-15-31-4/h6-13,20-21H,5,14-15H2,1-4H3. The minimum Gasteiger partial charge on any atom is -0.465 e. The molecule has 32 heavy (non-hydrogen) atoms. The first kappa shape index (κ1) is 21.8. The Morgan fingerprint density at radius 1 is 1.12 bits per heavy atom. The number of carbonyl (C=O) groups excluding carboxylic acids is 2. The van der Waals surface area contributed by atoms with E-state index in [0.29, 0.717) is 19.1 Å². The van der Waals surface area contributed by atoms with E-state index in [1.165, 1.54) is 4.90 Å². The summed E-state index contributed by atoms with van der Waals surface area (Å²) < 4.78 is 12.6. The van der Waals surface area contributed by atoms with Crippen LogP contribution in [-0.4, -0.2) is 62.4 Å². The van der Waals surface area contributed by atoms with E-state index < -0.39 is 17.9 Å². The van der Waals surface area contributed by atoms with Crippen LogP contribution in [0.5, 0.6) is 0 Å². The molecule has 0 fully saturated rings. The van der Waals surface area contributed by atoms with Gasteiger partial charge in [0.15, 0.2) is 5.92 Å². The molecule has 2 aromatic carbocycles. The highest BCUT2D eigenvalue weighted by atomic mass is 16.5. The third-order valence-electron chi connectivity index (χ3n) is 5.76. The fourth-order valence-corrected chi connectivity index (χ4v) is 4.21.